The molecule has 0 atom stereocenters. The minimum Gasteiger partial charge on any atom is -0.469 e. The third-order valence-electron chi connectivity index (χ3n) is 3.45. The van der Waals surface area contributed by atoms with Crippen molar-refractivity contribution in [3.63, 3.8) is 0 Å². The summed E-state index contributed by atoms with van der Waals surface area (Å²) in [6.07, 6.45) is 1.58. The molecule has 0 aliphatic rings. The first-order valence-electron chi connectivity index (χ1n) is 7.35. The third-order valence-corrected chi connectivity index (χ3v) is 4.49. The average Bonchev–Trinajstić information content (AvgIpc) is 2.88. The summed E-state index contributed by atoms with van der Waals surface area (Å²) in [4.78, 5) is 27.9. The Morgan fingerprint density at radius 1 is 1.32 bits per heavy atom. The van der Waals surface area contributed by atoms with Gasteiger partial charge in [0.25, 0.3) is 0 Å². The molecule has 1 aromatic heterocycles. The molecule has 0 aliphatic carbocycles. The number of hydrogen-bond acceptors (Lipinski definition) is 4. The molecule has 6 heteroatoms. The maximum absolute atomic E-state index is 11.7. The van der Waals surface area contributed by atoms with Gasteiger partial charge in [-0.15, -0.1) is 0 Å². The largest absolute Gasteiger partial charge is 0.469 e. The molecule has 0 saturated carbocycles. The number of hydrogen-bond donors (Lipinski definition) is 0. The molecular weight excluding hydrogens is 300 g/mol. The van der Waals surface area contributed by atoms with Gasteiger partial charge >= 0.3 is 5.97 Å². The molecule has 22 heavy (non-hydrogen) atoms. The highest BCUT2D eigenvalue weighted by molar-refractivity contribution is 7.16. The minimum atomic E-state index is -0.273. The highest BCUT2D eigenvalue weighted by Crippen LogP contribution is 2.20. The van der Waals surface area contributed by atoms with Crippen LogP contribution in [0.3, 0.4) is 0 Å². The molecule has 0 spiro atoms. The number of methoxy groups -OCH3 is 1. The van der Waals surface area contributed by atoms with Crippen molar-refractivity contribution in [2.45, 2.75) is 39.7 Å². The van der Waals surface area contributed by atoms with E-state index >= 15 is 0 Å². The zero-order chi connectivity index (χ0) is 16.1. The summed E-state index contributed by atoms with van der Waals surface area (Å²) in [5, 5.41) is 0. The Labute approximate surface area is 133 Å². The Morgan fingerprint density at radius 2 is 2.09 bits per heavy atom. The summed E-state index contributed by atoms with van der Waals surface area (Å²) < 4.78 is 7.69. The predicted molar refractivity (Wildman–Crippen MR) is 86.7 cm³/mol. The molecule has 0 N–H and O–H groups in total. The molecule has 0 unspecified atom stereocenters. The number of thiazole rings is 1. The van der Waals surface area contributed by atoms with Crippen molar-refractivity contribution in [2.75, 3.05) is 7.11 Å². The first-order chi connectivity index (χ1) is 10.6. The van der Waals surface area contributed by atoms with Crippen LogP contribution in [0.2, 0.25) is 0 Å². The van der Waals surface area contributed by atoms with Crippen LogP contribution in [0.5, 0.6) is 0 Å². The number of fused-ring (bicyclic) bond motifs is 1. The Morgan fingerprint density at radius 3 is 2.73 bits per heavy atom. The van der Waals surface area contributed by atoms with E-state index in [-0.39, 0.29) is 18.3 Å². The van der Waals surface area contributed by atoms with Crippen LogP contribution in [0, 0.1) is 0 Å². The Kier molecular flexibility index (Phi) is 5.49. The lowest BCUT2D eigenvalue weighted by Crippen LogP contribution is -2.19. The Balaban J connectivity index is 2.52. The Hall–Kier alpha value is -1.95. The van der Waals surface area contributed by atoms with Crippen molar-refractivity contribution < 1.29 is 14.3 Å². The summed E-state index contributed by atoms with van der Waals surface area (Å²) in [5.74, 6) is -0.432. The van der Waals surface area contributed by atoms with Gasteiger partial charge in [0.15, 0.2) is 4.80 Å². The summed E-state index contributed by atoms with van der Waals surface area (Å²) in [5.41, 5.74) is 2.23. The standard InChI is InChI=1S/C16H20N2O3S/c1-4-11-6-7-12-13(10-11)22-16(17-14(19)5-2)18(12)9-8-15(20)21-3/h6-7,10H,4-5,8-9H2,1-3H3. The van der Waals surface area contributed by atoms with Crippen molar-refractivity contribution in [3.05, 3.63) is 28.6 Å². The number of aromatic nitrogens is 1. The number of rotatable bonds is 5. The summed E-state index contributed by atoms with van der Waals surface area (Å²) in [6, 6.07) is 6.20. The van der Waals surface area contributed by atoms with Crippen LogP contribution < -0.4 is 4.80 Å². The number of benzene rings is 1. The molecule has 0 saturated heterocycles. The lowest BCUT2D eigenvalue weighted by Gasteiger charge is -2.05. The highest BCUT2D eigenvalue weighted by Gasteiger charge is 2.10. The number of nitrogens with zero attached hydrogens (tertiary/aromatic N) is 2. The first kappa shape index (κ1) is 16.4. The molecule has 0 radical (unpaired) electrons. The fourth-order valence-corrected chi connectivity index (χ4v) is 3.27. The normalized spacial score (nSPS) is 11.9. The molecule has 0 aliphatic heterocycles. The van der Waals surface area contributed by atoms with Crippen molar-refractivity contribution in [1.82, 2.24) is 4.57 Å². The average molecular weight is 320 g/mol. The lowest BCUT2D eigenvalue weighted by molar-refractivity contribution is -0.140. The van der Waals surface area contributed by atoms with Gasteiger partial charge in [0.1, 0.15) is 0 Å². The van der Waals surface area contributed by atoms with Gasteiger partial charge in [-0.2, -0.15) is 4.99 Å². The topological polar surface area (TPSA) is 60.7 Å². The quantitative estimate of drug-likeness (QED) is 0.796. The van der Waals surface area contributed by atoms with Crippen LogP contribution in [0.25, 0.3) is 10.2 Å². The van der Waals surface area contributed by atoms with Gasteiger partial charge in [-0.05, 0) is 24.1 Å². The van der Waals surface area contributed by atoms with Crippen LogP contribution >= 0.6 is 11.3 Å². The van der Waals surface area contributed by atoms with Crippen LogP contribution in [-0.4, -0.2) is 23.6 Å². The second kappa shape index (κ2) is 7.35. The molecule has 5 nitrogen and oxygen atoms in total. The zero-order valence-electron chi connectivity index (χ0n) is 13.1. The molecule has 1 heterocycles. The second-order valence-electron chi connectivity index (χ2n) is 4.88. The summed E-state index contributed by atoms with van der Waals surface area (Å²) in [7, 11) is 1.37. The lowest BCUT2D eigenvalue weighted by atomic mass is 10.2. The van der Waals surface area contributed by atoms with Crippen molar-refractivity contribution in [1.29, 1.82) is 0 Å². The first-order valence-corrected chi connectivity index (χ1v) is 8.17. The van der Waals surface area contributed by atoms with Crippen molar-refractivity contribution >= 4 is 33.4 Å². The number of aryl methyl sites for hydroxylation is 2. The number of esters is 1. The SMILES string of the molecule is CCC(=O)N=c1sc2cc(CC)ccc2n1CCC(=O)OC. The number of amides is 1. The van der Waals surface area contributed by atoms with E-state index in [1.54, 1.807) is 6.92 Å². The molecule has 1 aromatic carbocycles. The van der Waals surface area contributed by atoms with E-state index in [1.165, 1.54) is 24.0 Å². The monoisotopic (exact) mass is 320 g/mol. The smallest absolute Gasteiger partial charge is 0.307 e. The molecule has 2 rings (SSSR count). The van der Waals surface area contributed by atoms with E-state index in [0.717, 1.165) is 16.6 Å². The van der Waals surface area contributed by atoms with Crippen molar-refractivity contribution in [2.24, 2.45) is 4.99 Å². The van der Waals surface area contributed by atoms with Gasteiger partial charge in [-0.3, -0.25) is 9.59 Å². The number of carbonyl (C=O) groups excluding carboxylic acids is 2. The zero-order valence-corrected chi connectivity index (χ0v) is 13.9. The number of carbonyl (C=O) groups is 2. The fourth-order valence-electron chi connectivity index (χ4n) is 2.13. The van der Waals surface area contributed by atoms with E-state index in [4.69, 9.17) is 4.74 Å². The van der Waals surface area contributed by atoms with Crippen LogP contribution in [0.1, 0.15) is 32.3 Å². The van der Waals surface area contributed by atoms with Crippen LogP contribution in [-0.2, 0) is 27.3 Å². The molecule has 1 amide bonds. The Bertz CT molecular complexity index is 758. The molecule has 0 bridgehead atoms. The molecular formula is C16H20N2O3S. The molecule has 0 fully saturated rings. The maximum atomic E-state index is 11.7. The van der Waals surface area contributed by atoms with Crippen LogP contribution in [0.15, 0.2) is 23.2 Å². The summed E-state index contributed by atoms with van der Waals surface area (Å²) in [6.45, 7) is 4.34. The van der Waals surface area contributed by atoms with E-state index in [1.807, 2.05) is 10.6 Å². The summed E-state index contributed by atoms with van der Waals surface area (Å²) >= 11 is 1.48. The van der Waals surface area contributed by atoms with Gasteiger partial charge in [-0.1, -0.05) is 31.3 Å². The maximum Gasteiger partial charge on any atom is 0.307 e. The predicted octanol–water partition coefficient (Wildman–Crippen LogP) is 2.67. The van der Waals surface area contributed by atoms with Crippen LogP contribution in [0.4, 0.5) is 0 Å². The van der Waals surface area contributed by atoms with Gasteiger partial charge in [0.2, 0.25) is 5.91 Å². The van der Waals surface area contributed by atoms with Gasteiger partial charge in [0, 0.05) is 13.0 Å². The van der Waals surface area contributed by atoms with E-state index in [0.29, 0.717) is 17.8 Å². The minimum absolute atomic E-state index is 0.158. The van der Waals surface area contributed by atoms with E-state index in [9.17, 15) is 9.59 Å². The van der Waals surface area contributed by atoms with Gasteiger partial charge in [0.05, 0.1) is 23.7 Å². The van der Waals surface area contributed by atoms with Gasteiger partial charge < -0.3 is 9.30 Å². The second-order valence-corrected chi connectivity index (χ2v) is 5.89. The van der Waals surface area contributed by atoms with Crippen molar-refractivity contribution in [3.8, 4) is 0 Å². The molecule has 118 valence electrons. The van der Waals surface area contributed by atoms with E-state index < -0.39 is 0 Å². The van der Waals surface area contributed by atoms with E-state index in [2.05, 4.69) is 24.0 Å². The number of ether oxygens (including phenoxy) is 1. The van der Waals surface area contributed by atoms with Gasteiger partial charge in [-0.25, -0.2) is 0 Å². The fraction of sp³-hybridized carbons (Fsp3) is 0.438. The third kappa shape index (κ3) is 3.62. The highest BCUT2D eigenvalue weighted by atomic mass is 32.1. The molecule has 2 aromatic rings.